The van der Waals surface area contributed by atoms with Gasteiger partial charge in [0.25, 0.3) is 0 Å². The van der Waals surface area contributed by atoms with Gasteiger partial charge in [-0.1, -0.05) is 24.6 Å². The maximum atomic E-state index is 14.0. The molecule has 1 aromatic carbocycles. The number of piperidine rings is 1. The van der Waals surface area contributed by atoms with Gasteiger partial charge in [0.05, 0.1) is 5.02 Å². The molecular weight excluding hydrogens is 225 g/mol. The standard InChI is InChI=1S/C13H17ClFN/c1-2-9-7-11(13(15)12(14)8-9)10-3-5-16-6-4-10/h7-8,10,16H,2-6H2,1H3. The van der Waals surface area contributed by atoms with Gasteiger partial charge in [-0.25, -0.2) is 4.39 Å². The fraction of sp³-hybridized carbons (Fsp3) is 0.538. The van der Waals surface area contributed by atoms with Gasteiger partial charge in [-0.15, -0.1) is 0 Å². The average Bonchev–Trinajstić information content (AvgIpc) is 2.33. The fourth-order valence-electron chi connectivity index (χ4n) is 2.30. The molecule has 0 atom stereocenters. The van der Waals surface area contributed by atoms with Gasteiger partial charge in [0.2, 0.25) is 0 Å². The summed E-state index contributed by atoms with van der Waals surface area (Å²) < 4.78 is 14.0. The van der Waals surface area contributed by atoms with Crippen molar-refractivity contribution < 1.29 is 4.39 Å². The average molecular weight is 242 g/mol. The molecule has 1 aromatic rings. The molecule has 1 nitrogen and oxygen atoms in total. The van der Waals surface area contributed by atoms with Crippen molar-refractivity contribution in [3.8, 4) is 0 Å². The van der Waals surface area contributed by atoms with Gasteiger partial charge in [0, 0.05) is 0 Å². The van der Waals surface area contributed by atoms with E-state index < -0.39 is 0 Å². The Hall–Kier alpha value is -0.600. The summed E-state index contributed by atoms with van der Waals surface area (Å²) >= 11 is 5.93. The minimum Gasteiger partial charge on any atom is -0.317 e. The van der Waals surface area contributed by atoms with Crippen molar-refractivity contribution in [1.29, 1.82) is 0 Å². The molecule has 0 unspecified atom stereocenters. The lowest BCUT2D eigenvalue weighted by Gasteiger charge is -2.24. The molecule has 1 aliphatic heterocycles. The Labute approximate surface area is 101 Å². The zero-order valence-corrected chi connectivity index (χ0v) is 10.3. The Balaban J connectivity index is 2.33. The number of rotatable bonds is 2. The van der Waals surface area contributed by atoms with E-state index in [1.807, 2.05) is 6.07 Å². The molecule has 0 saturated carbocycles. The van der Waals surface area contributed by atoms with Crippen LogP contribution in [0.4, 0.5) is 4.39 Å². The molecule has 1 saturated heterocycles. The molecule has 0 aliphatic carbocycles. The predicted octanol–water partition coefficient (Wildman–Crippen LogP) is 3.51. The molecule has 1 fully saturated rings. The predicted molar refractivity (Wildman–Crippen MR) is 65.6 cm³/mol. The number of aryl methyl sites for hydroxylation is 1. The topological polar surface area (TPSA) is 12.0 Å². The largest absolute Gasteiger partial charge is 0.317 e. The first-order valence-corrected chi connectivity index (χ1v) is 6.28. The van der Waals surface area contributed by atoms with Gasteiger partial charge < -0.3 is 5.32 Å². The van der Waals surface area contributed by atoms with Crippen LogP contribution in [0.15, 0.2) is 12.1 Å². The van der Waals surface area contributed by atoms with Crippen LogP contribution in [0.25, 0.3) is 0 Å². The highest BCUT2D eigenvalue weighted by atomic mass is 35.5. The zero-order valence-electron chi connectivity index (χ0n) is 9.52. The SMILES string of the molecule is CCc1cc(Cl)c(F)c(C2CCNCC2)c1. The highest BCUT2D eigenvalue weighted by Gasteiger charge is 2.20. The van der Waals surface area contributed by atoms with Gasteiger partial charge in [0.1, 0.15) is 5.82 Å². The highest BCUT2D eigenvalue weighted by molar-refractivity contribution is 6.30. The quantitative estimate of drug-likeness (QED) is 0.836. The van der Waals surface area contributed by atoms with Crippen molar-refractivity contribution in [2.45, 2.75) is 32.1 Å². The second-order valence-electron chi connectivity index (χ2n) is 4.36. The molecule has 0 amide bonds. The van der Waals surface area contributed by atoms with E-state index in [1.54, 1.807) is 6.07 Å². The summed E-state index contributed by atoms with van der Waals surface area (Å²) in [5.74, 6) is 0.107. The van der Waals surface area contributed by atoms with Crippen molar-refractivity contribution in [2.24, 2.45) is 0 Å². The summed E-state index contributed by atoms with van der Waals surface area (Å²) in [6.07, 6.45) is 2.90. The Morgan fingerprint density at radius 2 is 2.06 bits per heavy atom. The number of halogens is 2. The van der Waals surface area contributed by atoms with Crippen LogP contribution in [0.5, 0.6) is 0 Å². The molecule has 1 aliphatic rings. The first kappa shape index (κ1) is 11.9. The molecular formula is C13H17ClFN. The van der Waals surface area contributed by atoms with Crippen LogP contribution in [-0.4, -0.2) is 13.1 Å². The maximum absolute atomic E-state index is 14.0. The van der Waals surface area contributed by atoms with Gasteiger partial charge >= 0.3 is 0 Å². The smallest absolute Gasteiger partial charge is 0.145 e. The summed E-state index contributed by atoms with van der Waals surface area (Å²) in [7, 11) is 0. The summed E-state index contributed by atoms with van der Waals surface area (Å²) in [4.78, 5) is 0. The van der Waals surface area contributed by atoms with E-state index in [9.17, 15) is 4.39 Å². The van der Waals surface area contributed by atoms with Crippen LogP contribution in [0, 0.1) is 5.82 Å². The minimum absolute atomic E-state index is 0.217. The van der Waals surface area contributed by atoms with E-state index in [2.05, 4.69) is 12.2 Å². The third-order valence-electron chi connectivity index (χ3n) is 3.30. The van der Waals surface area contributed by atoms with Gasteiger partial charge in [-0.05, 0) is 55.5 Å². The van der Waals surface area contributed by atoms with Crippen molar-refractivity contribution in [2.75, 3.05) is 13.1 Å². The maximum Gasteiger partial charge on any atom is 0.145 e. The van der Waals surface area contributed by atoms with Gasteiger partial charge in [0.15, 0.2) is 0 Å². The van der Waals surface area contributed by atoms with E-state index in [1.165, 1.54) is 0 Å². The Bertz CT molecular complexity index is 372. The van der Waals surface area contributed by atoms with Crippen molar-refractivity contribution >= 4 is 11.6 Å². The van der Waals surface area contributed by atoms with E-state index in [0.717, 1.165) is 43.5 Å². The second kappa shape index (κ2) is 5.15. The van der Waals surface area contributed by atoms with Gasteiger partial charge in [-0.3, -0.25) is 0 Å². The van der Waals surface area contributed by atoms with Crippen LogP contribution >= 0.6 is 11.6 Å². The van der Waals surface area contributed by atoms with Crippen LogP contribution in [0.3, 0.4) is 0 Å². The summed E-state index contributed by atoms with van der Waals surface area (Å²) in [6, 6.07) is 3.72. The van der Waals surface area contributed by atoms with Crippen LogP contribution in [0.2, 0.25) is 5.02 Å². The number of hydrogen-bond donors (Lipinski definition) is 1. The summed E-state index contributed by atoms with van der Waals surface area (Å²) in [6.45, 7) is 4.01. The molecule has 3 heteroatoms. The van der Waals surface area contributed by atoms with E-state index in [4.69, 9.17) is 11.6 Å². The van der Waals surface area contributed by atoms with Gasteiger partial charge in [-0.2, -0.15) is 0 Å². The third-order valence-corrected chi connectivity index (χ3v) is 3.58. The zero-order chi connectivity index (χ0) is 11.5. The molecule has 0 bridgehead atoms. The monoisotopic (exact) mass is 241 g/mol. The normalized spacial score (nSPS) is 17.7. The number of nitrogens with one attached hydrogen (secondary N) is 1. The number of benzene rings is 1. The second-order valence-corrected chi connectivity index (χ2v) is 4.77. The summed E-state index contributed by atoms with van der Waals surface area (Å²) in [5.41, 5.74) is 1.94. The Morgan fingerprint density at radius 3 is 2.69 bits per heavy atom. The molecule has 88 valence electrons. The molecule has 1 heterocycles. The Kier molecular flexibility index (Phi) is 3.82. The molecule has 2 rings (SSSR count). The minimum atomic E-state index is -0.217. The van der Waals surface area contributed by atoms with Crippen LogP contribution in [-0.2, 0) is 6.42 Å². The summed E-state index contributed by atoms with van der Waals surface area (Å²) in [5, 5.41) is 3.56. The first-order chi connectivity index (χ1) is 7.72. The lowest BCUT2D eigenvalue weighted by atomic mass is 9.88. The molecule has 16 heavy (non-hydrogen) atoms. The van der Waals surface area contributed by atoms with Crippen molar-refractivity contribution in [3.05, 3.63) is 34.1 Å². The van der Waals surface area contributed by atoms with E-state index in [-0.39, 0.29) is 10.8 Å². The van der Waals surface area contributed by atoms with E-state index in [0.29, 0.717) is 5.92 Å². The molecule has 1 N–H and O–H groups in total. The lowest BCUT2D eigenvalue weighted by molar-refractivity contribution is 0.445. The fourth-order valence-corrected chi connectivity index (χ4v) is 2.55. The number of hydrogen-bond acceptors (Lipinski definition) is 1. The van der Waals surface area contributed by atoms with Crippen molar-refractivity contribution in [1.82, 2.24) is 5.32 Å². The van der Waals surface area contributed by atoms with E-state index >= 15 is 0 Å². The lowest BCUT2D eigenvalue weighted by Crippen LogP contribution is -2.27. The third kappa shape index (κ3) is 2.38. The van der Waals surface area contributed by atoms with Crippen LogP contribution in [0.1, 0.15) is 36.8 Å². The Morgan fingerprint density at radius 1 is 1.38 bits per heavy atom. The highest BCUT2D eigenvalue weighted by Crippen LogP contribution is 2.31. The van der Waals surface area contributed by atoms with Crippen LogP contribution < -0.4 is 5.32 Å². The first-order valence-electron chi connectivity index (χ1n) is 5.91. The molecule has 0 spiro atoms. The van der Waals surface area contributed by atoms with Crippen molar-refractivity contribution in [3.63, 3.8) is 0 Å². The molecule has 0 aromatic heterocycles. The molecule has 0 radical (unpaired) electrons.